The Morgan fingerprint density at radius 2 is 1.91 bits per heavy atom. The topological polar surface area (TPSA) is 67.2 Å². The van der Waals surface area contributed by atoms with E-state index in [-0.39, 0.29) is 11.6 Å². The standard InChI is InChI=1S/C17H14N4O/c1-12(20-21-17(22)16-11-18-8-9-19-16)14-7-6-13-4-2-3-5-15(13)10-14/h2-11H,1H3,(H,21,22)/b20-12+. The van der Waals surface area contributed by atoms with E-state index in [1.54, 1.807) is 0 Å². The normalized spacial score (nSPS) is 11.4. The maximum Gasteiger partial charge on any atom is 0.291 e. The van der Waals surface area contributed by atoms with E-state index in [0.717, 1.165) is 16.7 Å². The molecule has 1 aromatic heterocycles. The number of hydrazone groups is 1. The lowest BCUT2D eigenvalue weighted by Crippen LogP contribution is -2.20. The third-order valence-electron chi connectivity index (χ3n) is 3.29. The van der Waals surface area contributed by atoms with Gasteiger partial charge in [-0.2, -0.15) is 5.10 Å². The summed E-state index contributed by atoms with van der Waals surface area (Å²) in [5.41, 5.74) is 4.41. The summed E-state index contributed by atoms with van der Waals surface area (Å²) in [5.74, 6) is -0.381. The van der Waals surface area contributed by atoms with Gasteiger partial charge in [0, 0.05) is 12.4 Å². The lowest BCUT2D eigenvalue weighted by Gasteiger charge is -2.04. The van der Waals surface area contributed by atoms with Gasteiger partial charge in [0.2, 0.25) is 0 Å². The second-order valence-electron chi connectivity index (χ2n) is 4.79. The number of nitrogens with one attached hydrogen (secondary N) is 1. The van der Waals surface area contributed by atoms with Crippen LogP contribution in [0.1, 0.15) is 23.0 Å². The molecule has 0 spiro atoms. The molecule has 0 saturated heterocycles. The Kier molecular flexibility index (Phi) is 3.87. The summed E-state index contributed by atoms with van der Waals surface area (Å²) in [7, 11) is 0. The quantitative estimate of drug-likeness (QED) is 0.596. The summed E-state index contributed by atoms with van der Waals surface area (Å²) in [6.45, 7) is 1.85. The molecule has 0 saturated carbocycles. The molecule has 0 aliphatic rings. The summed E-state index contributed by atoms with van der Waals surface area (Å²) < 4.78 is 0. The van der Waals surface area contributed by atoms with Gasteiger partial charge in [0.25, 0.3) is 5.91 Å². The van der Waals surface area contributed by atoms with Crippen LogP contribution in [0.15, 0.2) is 66.2 Å². The first kappa shape index (κ1) is 13.9. The number of fused-ring (bicyclic) bond motifs is 1. The lowest BCUT2D eigenvalue weighted by atomic mass is 10.0. The van der Waals surface area contributed by atoms with Gasteiger partial charge in [0.05, 0.1) is 11.9 Å². The molecule has 0 fully saturated rings. The average Bonchev–Trinajstić information content (AvgIpc) is 2.59. The third-order valence-corrected chi connectivity index (χ3v) is 3.29. The molecule has 0 atom stereocenters. The molecule has 3 rings (SSSR count). The Morgan fingerprint density at radius 1 is 1.09 bits per heavy atom. The first-order valence-electron chi connectivity index (χ1n) is 6.84. The molecule has 0 aliphatic heterocycles. The van der Waals surface area contributed by atoms with Gasteiger partial charge < -0.3 is 0 Å². The number of benzene rings is 2. The maximum absolute atomic E-state index is 11.9. The van der Waals surface area contributed by atoms with Crippen LogP contribution in [0.2, 0.25) is 0 Å². The van der Waals surface area contributed by atoms with E-state index in [0.29, 0.717) is 0 Å². The molecule has 22 heavy (non-hydrogen) atoms. The maximum atomic E-state index is 11.9. The molecule has 0 radical (unpaired) electrons. The predicted octanol–water partition coefficient (Wildman–Crippen LogP) is 2.78. The van der Waals surface area contributed by atoms with Crippen molar-refractivity contribution in [3.63, 3.8) is 0 Å². The van der Waals surface area contributed by atoms with Gasteiger partial charge >= 0.3 is 0 Å². The number of amides is 1. The number of hydrogen-bond donors (Lipinski definition) is 1. The number of hydrogen-bond acceptors (Lipinski definition) is 4. The first-order chi connectivity index (χ1) is 10.7. The number of carbonyl (C=O) groups is 1. The molecular formula is C17H14N4O. The van der Waals surface area contributed by atoms with E-state index >= 15 is 0 Å². The highest BCUT2D eigenvalue weighted by Crippen LogP contribution is 2.16. The van der Waals surface area contributed by atoms with Crippen molar-refractivity contribution in [2.45, 2.75) is 6.92 Å². The van der Waals surface area contributed by atoms with Crippen molar-refractivity contribution >= 4 is 22.4 Å². The van der Waals surface area contributed by atoms with Gasteiger partial charge in [-0.25, -0.2) is 10.4 Å². The fourth-order valence-corrected chi connectivity index (χ4v) is 2.09. The Balaban J connectivity index is 1.80. The molecule has 3 aromatic rings. The second-order valence-corrected chi connectivity index (χ2v) is 4.79. The number of nitrogens with zero attached hydrogens (tertiary/aromatic N) is 3. The van der Waals surface area contributed by atoms with Gasteiger partial charge in [0.15, 0.2) is 0 Å². The lowest BCUT2D eigenvalue weighted by molar-refractivity contribution is 0.0949. The number of rotatable bonds is 3. The van der Waals surface area contributed by atoms with Crippen molar-refractivity contribution in [2.75, 3.05) is 0 Å². The molecule has 0 aliphatic carbocycles. The minimum absolute atomic E-state index is 0.234. The van der Waals surface area contributed by atoms with Crippen LogP contribution in [0.3, 0.4) is 0 Å². The molecule has 2 aromatic carbocycles. The minimum Gasteiger partial charge on any atom is -0.265 e. The highest BCUT2D eigenvalue weighted by molar-refractivity contribution is 6.03. The van der Waals surface area contributed by atoms with Gasteiger partial charge in [-0.3, -0.25) is 9.78 Å². The van der Waals surface area contributed by atoms with Crippen LogP contribution in [0, 0.1) is 0 Å². The zero-order valence-electron chi connectivity index (χ0n) is 12.0. The molecule has 108 valence electrons. The van der Waals surface area contributed by atoms with E-state index in [2.05, 4.69) is 26.6 Å². The van der Waals surface area contributed by atoms with Gasteiger partial charge in [0.1, 0.15) is 5.69 Å². The van der Waals surface area contributed by atoms with Crippen LogP contribution < -0.4 is 5.43 Å². The summed E-state index contributed by atoms with van der Waals surface area (Å²) in [6, 6.07) is 14.2. The fraction of sp³-hybridized carbons (Fsp3) is 0.0588. The largest absolute Gasteiger partial charge is 0.291 e. The number of aromatic nitrogens is 2. The number of carbonyl (C=O) groups excluding carboxylic acids is 1. The summed E-state index contributed by atoms with van der Waals surface area (Å²) in [6.07, 6.45) is 4.38. The first-order valence-corrected chi connectivity index (χ1v) is 6.84. The molecule has 1 N–H and O–H groups in total. The predicted molar refractivity (Wildman–Crippen MR) is 85.7 cm³/mol. The highest BCUT2D eigenvalue weighted by atomic mass is 16.2. The second kappa shape index (κ2) is 6.13. The van der Waals surface area contributed by atoms with Crippen molar-refractivity contribution < 1.29 is 4.79 Å². The van der Waals surface area contributed by atoms with Gasteiger partial charge in [-0.1, -0.05) is 36.4 Å². The van der Waals surface area contributed by atoms with Gasteiger partial charge in [-0.15, -0.1) is 0 Å². The smallest absolute Gasteiger partial charge is 0.265 e. The zero-order chi connectivity index (χ0) is 15.4. The van der Waals surface area contributed by atoms with Crippen molar-refractivity contribution in [2.24, 2.45) is 5.10 Å². The van der Waals surface area contributed by atoms with Crippen LogP contribution in [0.25, 0.3) is 10.8 Å². The fourth-order valence-electron chi connectivity index (χ4n) is 2.09. The molecule has 0 unspecified atom stereocenters. The Morgan fingerprint density at radius 3 is 2.68 bits per heavy atom. The van der Waals surface area contributed by atoms with Gasteiger partial charge in [-0.05, 0) is 29.3 Å². The van der Waals surface area contributed by atoms with E-state index in [4.69, 9.17) is 0 Å². The molecule has 5 heteroatoms. The summed E-state index contributed by atoms with van der Waals surface area (Å²) >= 11 is 0. The minimum atomic E-state index is -0.381. The SMILES string of the molecule is C/C(=N\NC(=O)c1cnccn1)c1ccc2ccccc2c1. The van der Waals surface area contributed by atoms with Crippen molar-refractivity contribution in [3.8, 4) is 0 Å². The van der Waals surface area contributed by atoms with Crippen molar-refractivity contribution in [3.05, 3.63) is 72.3 Å². The molecule has 1 heterocycles. The van der Waals surface area contributed by atoms with Crippen molar-refractivity contribution in [1.29, 1.82) is 0 Å². The van der Waals surface area contributed by atoms with E-state index in [1.807, 2.05) is 43.3 Å². The highest BCUT2D eigenvalue weighted by Gasteiger charge is 2.06. The molecule has 0 bridgehead atoms. The van der Waals surface area contributed by atoms with E-state index in [1.165, 1.54) is 24.0 Å². The third kappa shape index (κ3) is 2.98. The van der Waals surface area contributed by atoms with Crippen LogP contribution in [-0.2, 0) is 0 Å². The van der Waals surface area contributed by atoms with Crippen molar-refractivity contribution in [1.82, 2.24) is 15.4 Å². The Bertz CT molecular complexity index is 843. The molecular weight excluding hydrogens is 276 g/mol. The van der Waals surface area contributed by atoms with Crippen LogP contribution >= 0.6 is 0 Å². The average molecular weight is 290 g/mol. The molecule has 5 nitrogen and oxygen atoms in total. The summed E-state index contributed by atoms with van der Waals surface area (Å²) in [5, 5.41) is 6.43. The zero-order valence-corrected chi connectivity index (χ0v) is 12.0. The molecule has 1 amide bonds. The van der Waals surface area contributed by atoms with Crippen LogP contribution in [-0.4, -0.2) is 21.6 Å². The Hall–Kier alpha value is -3.08. The van der Waals surface area contributed by atoms with E-state index < -0.39 is 0 Å². The summed E-state index contributed by atoms with van der Waals surface area (Å²) in [4.78, 5) is 19.7. The van der Waals surface area contributed by atoms with Crippen LogP contribution in [0.4, 0.5) is 0 Å². The Labute approximate surface area is 127 Å². The van der Waals surface area contributed by atoms with E-state index in [9.17, 15) is 4.79 Å². The van der Waals surface area contributed by atoms with Crippen LogP contribution in [0.5, 0.6) is 0 Å². The monoisotopic (exact) mass is 290 g/mol.